The summed E-state index contributed by atoms with van der Waals surface area (Å²) < 4.78 is 37.8. The van der Waals surface area contributed by atoms with Gasteiger partial charge in [0.25, 0.3) is 0 Å². The van der Waals surface area contributed by atoms with E-state index in [0.717, 1.165) is 0 Å². The SMILES string of the molecule is Cc1ccc(COC2CN(C(=O)[C@H]3C[C@@]4(COC(=O)N4)C3)C2)c(F)c1F. The fraction of sp³-hybridized carbons (Fsp3) is 0.556. The van der Waals surface area contributed by atoms with Crippen LogP contribution in [0, 0.1) is 24.5 Å². The van der Waals surface area contributed by atoms with E-state index in [9.17, 15) is 18.4 Å². The smallest absolute Gasteiger partial charge is 0.407 e. The number of rotatable bonds is 4. The molecule has 0 bridgehead atoms. The molecule has 2 saturated heterocycles. The first kappa shape index (κ1) is 17.2. The molecular weight excluding hydrogens is 346 g/mol. The summed E-state index contributed by atoms with van der Waals surface area (Å²) in [6.45, 7) is 2.69. The number of halogens is 2. The molecule has 0 radical (unpaired) electrons. The molecule has 1 N–H and O–H groups in total. The van der Waals surface area contributed by atoms with Gasteiger partial charge in [0.2, 0.25) is 5.91 Å². The molecule has 0 aromatic heterocycles. The molecular formula is C18H20F2N2O4. The van der Waals surface area contributed by atoms with Gasteiger partial charge in [-0.25, -0.2) is 13.6 Å². The van der Waals surface area contributed by atoms with Crippen LogP contribution in [0.15, 0.2) is 12.1 Å². The van der Waals surface area contributed by atoms with E-state index in [2.05, 4.69) is 5.32 Å². The zero-order valence-corrected chi connectivity index (χ0v) is 14.4. The number of cyclic esters (lactones) is 1. The maximum absolute atomic E-state index is 13.8. The molecule has 4 rings (SSSR count). The molecule has 140 valence electrons. The Kier molecular flexibility index (Phi) is 4.10. The van der Waals surface area contributed by atoms with Crippen LogP contribution in [0.1, 0.15) is 24.0 Å². The number of nitrogens with one attached hydrogen (secondary N) is 1. The molecule has 1 spiro atoms. The number of nitrogens with zero attached hydrogens (tertiary/aromatic N) is 1. The van der Waals surface area contributed by atoms with Gasteiger partial charge in [-0.15, -0.1) is 0 Å². The average Bonchev–Trinajstić information content (AvgIpc) is 2.93. The highest BCUT2D eigenvalue weighted by atomic mass is 19.2. The molecule has 3 aliphatic rings. The first-order valence-electron chi connectivity index (χ1n) is 8.66. The molecule has 6 nitrogen and oxygen atoms in total. The van der Waals surface area contributed by atoms with Crippen molar-refractivity contribution in [1.82, 2.24) is 10.2 Å². The first-order valence-corrected chi connectivity index (χ1v) is 8.66. The lowest BCUT2D eigenvalue weighted by molar-refractivity contribution is -0.155. The first-order chi connectivity index (χ1) is 12.4. The van der Waals surface area contributed by atoms with Crippen LogP contribution in [0.5, 0.6) is 0 Å². The average molecular weight is 366 g/mol. The van der Waals surface area contributed by atoms with E-state index < -0.39 is 17.7 Å². The minimum absolute atomic E-state index is 0.0222. The van der Waals surface area contributed by atoms with Crippen molar-refractivity contribution in [3.05, 3.63) is 34.9 Å². The lowest BCUT2D eigenvalue weighted by Crippen LogP contribution is -2.62. The summed E-state index contributed by atoms with van der Waals surface area (Å²) in [6, 6.07) is 3.03. The van der Waals surface area contributed by atoms with E-state index in [-0.39, 0.29) is 41.2 Å². The molecule has 8 heteroatoms. The summed E-state index contributed by atoms with van der Waals surface area (Å²) in [5.74, 6) is -1.79. The number of alkyl carbamates (subject to hydrolysis) is 1. The molecule has 2 amide bonds. The number of ether oxygens (including phenoxy) is 2. The summed E-state index contributed by atoms with van der Waals surface area (Å²) in [4.78, 5) is 25.2. The number of carbonyl (C=O) groups excluding carboxylic acids is 2. The zero-order chi connectivity index (χ0) is 18.5. The van der Waals surface area contributed by atoms with Crippen molar-refractivity contribution in [1.29, 1.82) is 0 Å². The van der Waals surface area contributed by atoms with E-state index in [0.29, 0.717) is 32.5 Å². The van der Waals surface area contributed by atoms with Gasteiger partial charge in [-0.05, 0) is 25.3 Å². The molecule has 1 aromatic carbocycles. The number of hydrogen-bond donors (Lipinski definition) is 1. The van der Waals surface area contributed by atoms with Crippen LogP contribution >= 0.6 is 0 Å². The number of aryl methyl sites for hydroxylation is 1. The summed E-state index contributed by atoms with van der Waals surface area (Å²) >= 11 is 0. The van der Waals surface area contributed by atoms with Gasteiger partial charge in [-0.2, -0.15) is 0 Å². The van der Waals surface area contributed by atoms with Gasteiger partial charge in [0.15, 0.2) is 11.6 Å². The van der Waals surface area contributed by atoms with Crippen LogP contribution in [0.4, 0.5) is 13.6 Å². The van der Waals surface area contributed by atoms with Crippen LogP contribution in [0.2, 0.25) is 0 Å². The Labute approximate surface area is 149 Å². The normalized spacial score (nSPS) is 27.7. The summed E-state index contributed by atoms with van der Waals surface area (Å²) in [5.41, 5.74) is 0.0650. The summed E-state index contributed by atoms with van der Waals surface area (Å²) in [5, 5.41) is 2.76. The fourth-order valence-electron chi connectivity index (χ4n) is 3.76. The quantitative estimate of drug-likeness (QED) is 0.884. The highest BCUT2D eigenvalue weighted by molar-refractivity contribution is 5.82. The Morgan fingerprint density at radius 3 is 2.73 bits per heavy atom. The second-order valence-electron chi connectivity index (χ2n) is 7.43. The molecule has 2 aliphatic heterocycles. The maximum Gasteiger partial charge on any atom is 0.407 e. The minimum atomic E-state index is -0.877. The van der Waals surface area contributed by atoms with E-state index in [1.54, 1.807) is 4.90 Å². The Bertz CT molecular complexity index is 758. The number of amides is 2. The van der Waals surface area contributed by atoms with Crippen molar-refractivity contribution >= 4 is 12.0 Å². The highest BCUT2D eigenvalue weighted by Gasteiger charge is 2.54. The highest BCUT2D eigenvalue weighted by Crippen LogP contribution is 2.42. The van der Waals surface area contributed by atoms with Gasteiger partial charge < -0.3 is 19.7 Å². The van der Waals surface area contributed by atoms with Crippen LogP contribution in [0.25, 0.3) is 0 Å². The van der Waals surface area contributed by atoms with Gasteiger partial charge in [0.05, 0.1) is 18.2 Å². The molecule has 0 atom stereocenters. The largest absolute Gasteiger partial charge is 0.447 e. The van der Waals surface area contributed by atoms with E-state index in [1.807, 2.05) is 0 Å². The minimum Gasteiger partial charge on any atom is -0.447 e. The summed E-state index contributed by atoms with van der Waals surface area (Å²) in [7, 11) is 0. The van der Waals surface area contributed by atoms with E-state index in [1.165, 1.54) is 19.1 Å². The zero-order valence-electron chi connectivity index (χ0n) is 14.4. The third-order valence-corrected chi connectivity index (χ3v) is 5.46. The van der Waals surface area contributed by atoms with Gasteiger partial charge in [0.1, 0.15) is 6.61 Å². The third kappa shape index (κ3) is 2.92. The predicted octanol–water partition coefficient (Wildman–Crippen LogP) is 1.89. The Hall–Kier alpha value is -2.22. The lowest BCUT2D eigenvalue weighted by Gasteiger charge is -2.47. The van der Waals surface area contributed by atoms with Gasteiger partial charge in [-0.3, -0.25) is 4.79 Å². The van der Waals surface area contributed by atoms with Gasteiger partial charge in [0, 0.05) is 24.6 Å². The van der Waals surface area contributed by atoms with Crippen LogP contribution < -0.4 is 5.32 Å². The summed E-state index contributed by atoms with van der Waals surface area (Å²) in [6.07, 6.45) is 0.584. The number of carbonyl (C=O) groups is 2. The fourth-order valence-corrected chi connectivity index (χ4v) is 3.76. The standard InChI is InChI=1S/C18H20F2N2O4/c1-10-2-3-11(15(20)14(10)19)8-25-13-6-22(7-13)16(23)12-4-18(5-12)9-26-17(24)21-18/h2-3,12-13H,4-9H2,1H3,(H,21,24)/t12-,18-. The van der Waals surface area contributed by atoms with E-state index in [4.69, 9.17) is 9.47 Å². The van der Waals surface area contributed by atoms with Crippen molar-refractivity contribution in [2.45, 2.75) is 38.0 Å². The predicted molar refractivity (Wildman–Crippen MR) is 86.2 cm³/mol. The molecule has 2 heterocycles. The van der Waals surface area contributed by atoms with E-state index >= 15 is 0 Å². The number of likely N-dealkylation sites (tertiary alicyclic amines) is 1. The molecule has 0 unspecified atom stereocenters. The molecule has 26 heavy (non-hydrogen) atoms. The van der Waals surface area contributed by atoms with Crippen molar-refractivity contribution < 1.29 is 27.8 Å². The monoisotopic (exact) mass is 366 g/mol. The number of benzene rings is 1. The van der Waals surface area contributed by atoms with Gasteiger partial charge >= 0.3 is 6.09 Å². The Balaban J connectivity index is 1.22. The molecule has 1 saturated carbocycles. The number of hydrogen-bond acceptors (Lipinski definition) is 4. The van der Waals surface area contributed by atoms with Crippen LogP contribution in [0.3, 0.4) is 0 Å². The van der Waals surface area contributed by atoms with Crippen LogP contribution in [-0.4, -0.2) is 48.2 Å². The Morgan fingerprint density at radius 2 is 2.08 bits per heavy atom. The third-order valence-electron chi connectivity index (χ3n) is 5.46. The topological polar surface area (TPSA) is 67.9 Å². The van der Waals surface area contributed by atoms with Crippen LogP contribution in [-0.2, 0) is 20.9 Å². The van der Waals surface area contributed by atoms with Crippen molar-refractivity contribution in [2.24, 2.45) is 5.92 Å². The molecule has 1 aromatic rings. The van der Waals surface area contributed by atoms with Crippen molar-refractivity contribution in [2.75, 3.05) is 19.7 Å². The van der Waals surface area contributed by atoms with Gasteiger partial charge in [-0.1, -0.05) is 12.1 Å². The lowest BCUT2D eigenvalue weighted by atomic mass is 9.68. The second kappa shape index (κ2) is 6.19. The van der Waals surface area contributed by atoms with Crippen molar-refractivity contribution in [3.8, 4) is 0 Å². The molecule has 3 fully saturated rings. The Morgan fingerprint density at radius 1 is 1.35 bits per heavy atom. The molecule has 1 aliphatic carbocycles. The van der Waals surface area contributed by atoms with Crippen molar-refractivity contribution in [3.63, 3.8) is 0 Å². The maximum atomic E-state index is 13.8. The second-order valence-corrected chi connectivity index (χ2v) is 7.43.